The van der Waals surface area contributed by atoms with Crippen LogP contribution in [0.4, 0.5) is 5.69 Å². The van der Waals surface area contributed by atoms with Gasteiger partial charge in [0.15, 0.2) is 5.78 Å². The highest BCUT2D eigenvalue weighted by molar-refractivity contribution is 6.03. The number of carbonyl (C=O) groups is 3. The van der Waals surface area contributed by atoms with Crippen molar-refractivity contribution in [3.8, 4) is 11.1 Å². The summed E-state index contributed by atoms with van der Waals surface area (Å²) in [6.45, 7) is 5.02. The number of nitrogens with one attached hydrogen (secondary N) is 2. The Labute approximate surface area is 183 Å². The van der Waals surface area contributed by atoms with Crippen molar-refractivity contribution in [1.29, 1.82) is 0 Å². The Morgan fingerprint density at radius 2 is 2.03 bits per heavy atom. The van der Waals surface area contributed by atoms with Gasteiger partial charge in [-0.3, -0.25) is 19.4 Å². The predicted molar refractivity (Wildman–Crippen MR) is 121 cm³/mol. The number of rotatable bonds is 8. The van der Waals surface area contributed by atoms with E-state index in [0.717, 1.165) is 24.0 Å². The zero-order valence-electron chi connectivity index (χ0n) is 18.4. The van der Waals surface area contributed by atoms with Gasteiger partial charge in [0.05, 0.1) is 12.2 Å². The van der Waals surface area contributed by atoms with Gasteiger partial charge in [-0.15, -0.1) is 0 Å². The number of likely N-dealkylation sites (tertiary alicyclic amines) is 1. The van der Waals surface area contributed by atoms with Crippen LogP contribution in [0.3, 0.4) is 0 Å². The summed E-state index contributed by atoms with van der Waals surface area (Å²) in [5.41, 5.74) is 3.71. The van der Waals surface area contributed by atoms with E-state index in [1.165, 1.54) is 12.5 Å². The zero-order valence-corrected chi connectivity index (χ0v) is 18.4. The first-order valence-electron chi connectivity index (χ1n) is 10.7. The van der Waals surface area contributed by atoms with Crippen LogP contribution in [-0.2, 0) is 16.0 Å². The number of ketones is 1. The molecule has 1 aliphatic heterocycles. The Morgan fingerprint density at radius 1 is 1.23 bits per heavy atom. The molecule has 164 valence electrons. The third kappa shape index (κ3) is 5.98. The lowest BCUT2D eigenvalue weighted by molar-refractivity contribution is -0.133. The van der Waals surface area contributed by atoms with Crippen LogP contribution in [0.25, 0.3) is 11.1 Å². The molecular weight excluding hydrogens is 392 g/mol. The van der Waals surface area contributed by atoms with E-state index in [1.807, 2.05) is 12.1 Å². The number of hydrogen-bond acceptors (Lipinski definition) is 5. The molecule has 31 heavy (non-hydrogen) atoms. The third-order valence-corrected chi connectivity index (χ3v) is 5.61. The molecule has 3 rings (SSSR count). The first-order valence-corrected chi connectivity index (χ1v) is 10.7. The molecule has 2 aromatic rings. The molecule has 0 bridgehead atoms. The summed E-state index contributed by atoms with van der Waals surface area (Å²) in [7, 11) is 1.81. The molecule has 0 saturated carbocycles. The highest BCUT2D eigenvalue weighted by Gasteiger charge is 2.22. The van der Waals surface area contributed by atoms with Crippen molar-refractivity contribution in [2.75, 3.05) is 32.0 Å². The quantitative estimate of drug-likeness (QED) is 0.639. The first kappa shape index (κ1) is 22.6. The van der Waals surface area contributed by atoms with Gasteiger partial charge in [-0.05, 0) is 36.0 Å². The summed E-state index contributed by atoms with van der Waals surface area (Å²) in [4.78, 5) is 42.2. The Bertz CT molecular complexity index is 973. The van der Waals surface area contributed by atoms with E-state index >= 15 is 0 Å². The van der Waals surface area contributed by atoms with E-state index in [2.05, 4.69) is 34.7 Å². The highest BCUT2D eigenvalue weighted by atomic mass is 16.2. The van der Waals surface area contributed by atoms with Crippen LogP contribution < -0.4 is 10.6 Å². The maximum atomic E-state index is 12.5. The van der Waals surface area contributed by atoms with Gasteiger partial charge >= 0.3 is 0 Å². The van der Waals surface area contributed by atoms with Crippen LogP contribution in [0.15, 0.2) is 36.5 Å². The van der Waals surface area contributed by atoms with E-state index < -0.39 is 0 Å². The number of benzene rings is 1. The topological polar surface area (TPSA) is 91.4 Å². The van der Waals surface area contributed by atoms with Gasteiger partial charge in [-0.1, -0.05) is 31.2 Å². The van der Waals surface area contributed by atoms with Gasteiger partial charge in [0.1, 0.15) is 5.69 Å². The van der Waals surface area contributed by atoms with Crippen molar-refractivity contribution in [1.82, 2.24) is 15.2 Å². The molecule has 1 fully saturated rings. The molecule has 0 spiro atoms. The number of aromatic nitrogens is 1. The average Bonchev–Trinajstić information content (AvgIpc) is 2.76. The minimum Gasteiger partial charge on any atom is -0.345 e. The van der Waals surface area contributed by atoms with Crippen LogP contribution in [0, 0.1) is 5.92 Å². The number of pyridine rings is 1. The lowest BCUT2D eigenvalue weighted by Crippen LogP contribution is -2.42. The number of aryl methyl sites for hydroxylation is 1. The van der Waals surface area contributed by atoms with Gasteiger partial charge in [0.25, 0.3) is 0 Å². The second kappa shape index (κ2) is 10.3. The molecular formula is C24H30N4O3. The van der Waals surface area contributed by atoms with Crippen LogP contribution in [0.5, 0.6) is 0 Å². The van der Waals surface area contributed by atoms with E-state index in [4.69, 9.17) is 0 Å². The van der Waals surface area contributed by atoms with Crippen molar-refractivity contribution in [3.05, 3.63) is 47.8 Å². The van der Waals surface area contributed by atoms with Gasteiger partial charge in [-0.25, -0.2) is 0 Å². The summed E-state index contributed by atoms with van der Waals surface area (Å²) in [6.07, 6.45) is 3.97. The first-order chi connectivity index (χ1) is 14.9. The number of hydrogen-bond donors (Lipinski definition) is 2. The molecule has 1 aromatic heterocycles. The molecule has 0 radical (unpaired) electrons. The van der Waals surface area contributed by atoms with Crippen LogP contribution in [0.2, 0.25) is 0 Å². The maximum absolute atomic E-state index is 12.5. The molecule has 0 aliphatic carbocycles. The van der Waals surface area contributed by atoms with Crippen LogP contribution in [-0.4, -0.2) is 54.2 Å². The molecule has 1 aromatic carbocycles. The van der Waals surface area contributed by atoms with Crippen molar-refractivity contribution in [2.45, 2.75) is 33.1 Å². The van der Waals surface area contributed by atoms with Crippen molar-refractivity contribution in [3.63, 3.8) is 0 Å². The molecule has 1 aliphatic rings. The second-order valence-corrected chi connectivity index (χ2v) is 8.09. The maximum Gasteiger partial charge on any atom is 0.238 e. The van der Waals surface area contributed by atoms with Gasteiger partial charge in [-0.2, -0.15) is 0 Å². The molecule has 2 amide bonds. The van der Waals surface area contributed by atoms with Gasteiger partial charge in [0, 0.05) is 45.2 Å². The Balaban J connectivity index is 1.65. The highest BCUT2D eigenvalue weighted by Crippen LogP contribution is 2.25. The van der Waals surface area contributed by atoms with E-state index in [9.17, 15) is 14.4 Å². The van der Waals surface area contributed by atoms with Crippen molar-refractivity contribution in [2.24, 2.45) is 5.92 Å². The number of nitrogens with zero attached hydrogens (tertiary/aromatic N) is 2. The monoisotopic (exact) mass is 422 g/mol. The molecule has 7 heteroatoms. The number of anilines is 1. The fraction of sp³-hybridized carbons (Fsp3) is 0.417. The number of carbonyl (C=O) groups excluding carboxylic acids is 3. The summed E-state index contributed by atoms with van der Waals surface area (Å²) >= 11 is 0. The fourth-order valence-electron chi connectivity index (χ4n) is 3.82. The normalized spacial score (nSPS) is 16.3. The average molecular weight is 423 g/mol. The van der Waals surface area contributed by atoms with Gasteiger partial charge < -0.3 is 15.5 Å². The Kier molecular flexibility index (Phi) is 7.52. The number of amides is 2. The summed E-state index contributed by atoms with van der Waals surface area (Å²) in [5.74, 6) is 0.0674. The number of piperidine rings is 1. The fourth-order valence-corrected chi connectivity index (χ4v) is 3.82. The smallest absolute Gasteiger partial charge is 0.238 e. The standard InChI is InChI=1S/C24H30N4O3/c1-4-17-6-5-7-19(10-17)20-11-21(24(16(2)29)26-13-20)27-22(30)14-25-12-18-8-9-23(31)28(3)15-18/h5-7,10-11,13,18,25H,4,8-9,12,14-15H2,1-3H3,(H,27,30). The van der Waals surface area contributed by atoms with Crippen LogP contribution >= 0.6 is 0 Å². The van der Waals surface area contributed by atoms with E-state index in [0.29, 0.717) is 31.1 Å². The van der Waals surface area contributed by atoms with Gasteiger partial charge in [0.2, 0.25) is 11.8 Å². The van der Waals surface area contributed by atoms with Crippen LogP contribution in [0.1, 0.15) is 42.7 Å². The SMILES string of the molecule is CCc1cccc(-c2cnc(C(C)=O)c(NC(=O)CNCC3CCC(=O)N(C)C3)c2)c1. The third-order valence-electron chi connectivity index (χ3n) is 5.61. The largest absolute Gasteiger partial charge is 0.345 e. The lowest BCUT2D eigenvalue weighted by Gasteiger charge is -2.29. The Hall–Kier alpha value is -3.06. The molecule has 2 N–H and O–H groups in total. The van der Waals surface area contributed by atoms with Crippen molar-refractivity contribution >= 4 is 23.3 Å². The Morgan fingerprint density at radius 3 is 2.74 bits per heavy atom. The summed E-state index contributed by atoms with van der Waals surface area (Å²) in [5, 5.41) is 6.00. The van der Waals surface area contributed by atoms with E-state index in [1.54, 1.807) is 24.2 Å². The molecule has 7 nitrogen and oxygen atoms in total. The minimum atomic E-state index is -0.232. The predicted octanol–water partition coefficient (Wildman–Crippen LogP) is 2.91. The zero-order chi connectivity index (χ0) is 22.4. The molecule has 1 atom stereocenters. The van der Waals surface area contributed by atoms with E-state index in [-0.39, 0.29) is 29.8 Å². The minimum absolute atomic E-state index is 0.126. The van der Waals surface area contributed by atoms with Crippen molar-refractivity contribution < 1.29 is 14.4 Å². The summed E-state index contributed by atoms with van der Waals surface area (Å²) in [6, 6.07) is 9.94. The molecule has 1 unspecified atom stereocenters. The number of Topliss-reactive ketones (excluding diaryl/α,β-unsaturated/α-hetero) is 1. The lowest BCUT2D eigenvalue weighted by atomic mass is 9.98. The second-order valence-electron chi connectivity index (χ2n) is 8.09. The molecule has 2 heterocycles. The molecule has 1 saturated heterocycles. The summed E-state index contributed by atoms with van der Waals surface area (Å²) < 4.78 is 0.